The van der Waals surface area contributed by atoms with E-state index in [1.165, 1.54) is 11.8 Å². The third kappa shape index (κ3) is 3.59. The lowest BCUT2D eigenvalue weighted by Gasteiger charge is -1.98. The number of halogens is 1. The van der Waals surface area contributed by atoms with Gasteiger partial charge in [-0.3, -0.25) is 10.2 Å². The van der Waals surface area contributed by atoms with Gasteiger partial charge in [0, 0.05) is 10.7 Å². The van der Waals surface area contributed by atoms with Crippen molar-refractivity contribution in [2.24, 2.45) is 5.84 Å². The molecule has 0 bridgehead atoms. The van der Waals surface area contributed by atoms with Crippen molar-refractivity contribution in [3.8, 4) is 0 Å². The number of amides is 1. The molecule has 100 valence electrons. The van der Waals surface area contributed by atoms with Crippen LogP contribution in [0.3, 0.4) is 0 Å². The number of furan rings is 1. The largest absolute Gasteiger partial charge is 0.465 e. The Balaban J connectivity index is 2.04. The Hall–Kier alpha value is -1.31. The fourth-order valence-electron chi connectivity index (χ4n) is 1.51. The smallest absolute Gasteiger partial charge is 0.268 e. The minimum Gasteiger partial charge on any atom is -0.465 e. The summed E-state index contributed by atoms with van der Waals surface area (Å²) in [6, 6.07) is 5.54. The van der Waals surface area contributed by atoms with Gasteiger partial charge in [0.05, 0.1) is 16.3 Å². The highest BCUT2D eigenvalue weighted by Crippen LogP contribution is 2.24. The standard InChI is InChI=1S/C12H12BrN3O2S/c1-7-10(12(17)16-14)4-9(18-7)6-19-11-3-2-8(13)5-15-11/h2-5H,6,14H2,1H3,(H,16,17). The molecule has 1 amide bonds. The van der Waals surface area contributed by atoms with Gasteiger partial charge in [-0.2, -0.15) is 0 Å². The number of thioether (sulfide) groups is 1. The summed E-state index contributed by atoms with van der Waals surface area (Å²) in [6.07, 6.45) is 1.74. The van der Waals surface area contributed by atoms with E-state index >= 15 is 0 Å². The number of nitrogen functional groups attached to an aromatic ring is 1. The van der Waals surface area contributed by atoms with Gasteiger partial charge < -0.3 is 4.42 Å². The molecule has 2 heterocycles. The number of carbonyl (C=O) groups is 1. The van der Waals surface area contributed by atoms with Crippen LogP contribution in [0.2, 0.25) is 0 Å². The predicted molar refractivity (Wildman–Crippen MR) is 76.6 cm³/mol. The predicted octanol–water partition coefficient (Wildman–Crippen LogP) is 2.64. The first kappa shape index (κ1) is 14.1. The summed E-state index contributed by atoms with van der Waals surface area (Å²) in [5.41, 5.74) is 2.55. The van der Waals surface area contributed by atoms with Crippen LogP contribution in [0.4, 0.5) is 0 Å². The molecule has 19 heavy (non-hydrogen) atoms. The van der Waals surface area contributed by atoms with Gasteiger partial charge in [0.25, 0.3) is 5.91 Å². The molecule has 0 spiro atoms. The van der Waals surface area contributed by atoms with E-state index in [9.17, 15) is 4.79 Å². The van der Waals surface area contributed by atoms with Crippen molar-refractivity contribution in [3.63, 3.8) is 0 Å². The Bertz CT molecular complexity index is 583. The van der Waals surface area contributed by atoms with E-state index in [1.807, 2.05) is 12.1 Å². The number of pyridine rings is 1. The van der Waals surface area contributed by atoms with E-state index in [0.717, 1.165) is 9.50 Å². The van der Waals surface area contributed by atoms with E-state index in [0.29, 0.717) is 22.8 Å². The average molecular weight is 342 g/mol. The fraction of sp³-hybridized carbons (Fsp3) is 0.167. The van der Waals surface area contributed by atoms with E-state index in [-0.39, 0.29) is 5.91 Å². The topological polar surface area (TPSA) is 81.2 Å². The zero-order chi connectivity index (χ0) is 13.8. The second-order valence-electron chi connectivity index (χ2n) is 3.76. The number of nitrogens with two attached hydrogens (primary N) is 1. The fourth-order valence-corrected chi connectivity index (χ4v) is 2.47. The van der Waals surface area contributed by atoms with Crippen molar-refractivity contribution in [2.45, 2.75) is 17.7 Å². The lowest BCUT2D eigenvalue weighted by Crippen LogP contribution is -2.30. The molecule has 2 rings (SSSR count). The molecule has 0 aliphatic rings. The quantitative estimate of drug-likeness (QED) is 0.386. The SMILES string of the molecule is Cc1oc(CSc2ccc(Br)cn2)cc1C(=O)NN. The van der Waals surface area contributed by atoms with Crippen LogP contribution in [-0.4, -0.2) is 10.9 Å². The summed E-state index contributed by atoms with van der Waals surface area (Å²) in [7, 11) is 0. The van der Waals surface area contributed by atoms with Gasteiger partial charge in [-0.25, -0.2) is 10.8 Å². The summed E-state index contributed by atoms with van der Waals surface area (Å²) < 4.78 is 6.45. The molecule has 0 aliphatic carbocycles. The number of rotatable bonds is 4. The highest BCUT2D eigenvalue weighted by Gasteiger charge is 2.14. The minimum absolute atomic E-state index is 0.348. The molecule has 0 aliphatic heterocycles. The van der Waals surface area contributed by atoms with E-state index in [4.69, 9.17) is 10.3 Å². The number of aromatic nitrogens is 1. The van der Waals surface area contributed by atoms with Gasteiger partial charge in [0.15, 0.2) is 0 Å². The normalized spacial score (nSPS) is 10.5. The highest BCUT2D eigenvalue weighted by molar-refractivity contribution is 9.10. The summed E-state index contributed by atoms with van der Waals surface area (Å²) in [5.74, 6) is 6.63. The Morgan fingerprint density at radius 2 is 2.37 bits per heavy atom. The van der Waals surface area contributed by atoms with Crippen LogP contribution in [0.5, 0.6) is 0 Å². The van der Waals surface area contributed by atoms with Crippen LogP contribution in [0.1, 0.15) is 21.9 Å². The second kappa shape index (κ2) is 6.23. The van der Waals surface area contributed by atoms with Gasteiger partial charge in [0.1, 0.15) is 11.5 Å². The van der Waals surface area contributed by atoms with Crippen molar-refractivity contribution >= 4 is 33.6 Å². The number of carbonyl (C=O) groups excluding carboxylic acids is 1. The van der Waals surface area contributed by atoms with Crippen molar-refractivity contribution in [1.82, 2.24) is 10.4 Å². The molecule has 2 aromatic rings. The first-order valence-electron chi connectivity index (χ1n) is 5.44. The average Bonchev–Trinajstić information content (AvgIpc) is 2.78. The molecule has 0 radical (unpaired) electrons. The van der Waals surface area contributed by atoms with Crippen molar-refractivity contribution in [3.05, 3.63) is 46.0 Å². The van der Waals surface area contributed by atoms with Crippen LogP contribution >= 0.6 is 27.7 Å². The Labute approximate surface area is 123 Å². The number of hydrogen-bond donors (Lipinski definition) is 2. The molecule has 0 atom stereocenters. The van der Waals surface area contributed by atoms with Crippen molar-refractivity contribution in [2.75, 3.05) is 0 Å². The molecule has 5 nitrogen and oxygen atoms in total. The molecule has 0 unspecified atom stereocenters. The van der Waals surface area contributed by atoms with Crippen LogP contribution in [0.25, 0.3) is 0 Å². The van der Waals surface area contributed by atoms with Gasteiger partial charge in [-0.1, -0.05) is 11.8 Å². The maximum Gasteiger partial charge on any atom is 0.268 e. The number of nitrogens with zero attached hydrogens (tertiary/aromatic N) is 1. The monoisotopic (exact) mass is 341 g/mol. The number of aryl methyl sites for hydroxylation is 1. The van der Waals surface area contributed by atoms with E-state index in [1.54, 1.807) is 19.2 Å². The molecular weight excluding hydrogens is 330 g/mol. The van der Waals surface area contributed by atoms with Crippen molar-refractivity contribution < 1.29 is 9.21 Å². The van der Waals surface area contributed by atoms with Crippen LogP contribution < -0.4 is 11.3 Å². The van der Waals surface area contributed by atoms with Crippen molar-refractivity contribution in [1.29, 1.82) is 0 Å². The zero-order valence-electron chi connectivity index (χ0n) is 10.1. The Morgan fingerprint density at radius 1 is 1.58 bits per heavy atom. The van der Waals surface area contributed by atoms with Crippen LogP contribution in [0.15, 0.2) is 38.3 Å². The molecular formula is C12H12BrN3O2S. The summed E-state index contributed by atoms with van der Waals surface area (Å²) in [5, 5.41) is 0.891. The van der Waals surface area contributed by atoms with Gasteiger partial charge in [0.2, 0.25) is 0 Å². The van der Waals surface area contributed by atoms with Gasteiger partial charge in [-0.05, 0) is 41.1 Å². The summed E-state index contributed by atoms with van der Waals surface area (Å²) in [4.78, 5) is 15.7. The van der Waals surface area contributed by atoms with Crippen LogP contribution in [0, 0.1) is 6.92 Å². The first-order chi connectivity index (χ1) is 9.10. The number of hydrogen-bond acceptors (Lipinski definition) is 5. The summed E-state index contributed by atoms with van der Waals surface area (Å²) in [6.45, 7) is 1.73. The molecule has 0 saturated carbocycles. The lowest BCUT2D eigenvalue weighted by atomic mass is 10.2. The summed E-state index contributed by atoms with van der Waals surface area (Å²) >= 11 is 4.87. The van der Waals surface area contributed by atoms with Crippen LogP contribution in [-0.2, 0) is 5.75 Å². The van der Waals surface area contributed by atoms with E-state index in [2.05, 4.69) is 26.3 Å². The third-order valence-corrected chi connectivity index (χ3v) is 3.84. The zero-order valence-corrected chi connectivity index (χ0v) is 12.5. The Morgan fingerprint density at radius 3 is 3.00 bits per heavy atom. The maximum absolute atomic E-state index is 11.4. The maximum atomic E-state index is 11.4. The minimum atomic E-state index is -0.348. The molecule has 2 aromatic heterocycles. The van der Waals surface area contributed by atoms with Gasteiger partial charge in [-0.15, -0.1) is 0 Å². The number of hydrazine groups is 1. The highest BCUT2D eigenvalue weighted by atomic mass is 79.9. The second-order valence-corrected chi connectivity index (χ2v) is 5.67. The molecule has 0 fully saturated rings. The number of nitrogens with one attached hydrogen (secondary N) is 1. The molecule has 3 N–H and O–H groups in total. The van der Waals surface area contributed by atoms with Gasteiger partial charge >= 0.3 is 0 Å². The molecule has 7 heteroatoms. The molecule has 0 aromatic carbocycles. The third-order valence-electron chi connectivity index (χ3n) is 2.41. The Kier molecular flexibility index (Phi) is 4.62. The first-order valence-corrected chi connectivity index (χ1v) is 7.22. The molecule has 0 saturated heterocycles. The lowest BCUT2D eigenvalue weighted by molar-refractivity contribution is 0.0952. The van der Waals surface area contributed by atoms with E-state index < -0.39 is 0 Å².